The Hall–Kier alpha value is -3.59. The van der Waals surface area contributed by atoms with Crippen molar-refractivity contribution in [1.82, 2.24) is 0 Å². The topological polar surface area (TPSA) is 29.5 Å². The number of hydrogen-bond acceptors (Lipinski definition) is 2. The van der Waals surface area contributed by atoms with Crippen molar-refractivity contribution in [1.29, 1.82) is 0 Å². The van der Waals surface area contributed by atoms with Crippen LogP contribution in [-0.4, -0.2) is 13.0 Å². The van der Waals surface area contributed by atoms with Crippen LogP contribution in [-0.2, 0) is 4.79 Å². The lowest BCUT2D eigenvalue weighted by atomic mass is 9.69. The molecule has 0 saturated heterocycles. The van der Waals surface area contributed by atoms with Crippen LogP contribution in [0.25, 0.3) is 5.70 Å². The Morgan fingerprint density at radius 3 is 2.28 bits per heavy atom. The van der Waals surface area contributed by atoms with Crippen molar-refractivity contribution in [3.8, 4) is 5.75 Å². The molecular weight excluding hydrogens is 394 g/mol. The molecule has 5 rings (SSSR count). The van der Waals surface area contributed by atoms with Gasteiger partial charge in [0, 0.05) is 11.6 Å². The van der Waals surface area contributed by atoms with Crippen LogP contribution in [0.1, 0.15) is 36.0 Å². The zero-order valence-electron chi connectivity index (χ0n) is 18.7. The second-order valence-electron chi connectivity index (χ2n) is 8.88. The summed E-state index contributed by atoms with van der Waals surface area (Å²) in [6, 6.07) is 26.6. The maximum atomic E-state index is 14.1. The van der Waals surface area contributed by atoms with E-state index in [1.165, 1.54) is 11.1 Å². The number of ether oxygens (including phenoxy) is 1. The number of methoxy groups -OCH3 is 1. The van der Waals surface area contributed by atoms with E-state index in [1.807, 2.05) is 35.2 Å². The van der Waals surface area contributed by atoms with E-state index in [4.69, 9.17) is 4.74 Å². The lowest BCUT2D eigenvalue weighted by Crippen LogP contribution is -2.37. The fourth-order valence-corrected chi connectivity index (χ4v) is 4.93. The van der Waals surface area contributed by atoms with Crippen molar-refractivity contribution in [2.24, 2.45) is 5.41 Å². The molecule has 0 radical (unpaired) electrons. The van der Waals surface area contributed by atoms with Gasteiger partial charge in [-0.05, 0) is 61.2 Å². The largest absolute Gasteiger partial charge is 0.497 e. The van der Waals surface area contributed by atoms with Crippen LogP contribution in [0.3, 0.4) is 0 Å². The highest BCUT2D eigenvalue weighted by atomic mass is 16.5. The minimum atomic E-state index is -0.588. The standard InChI is InChI=1S/C29H27NO2/c1-20-9-11-22(12-10-20)27-26-18-13-23(21-7-5-4-6-8-21)19-29(26,2)28(31)30(27)24-14-16-25(32-3)17-15-24/h4-18,23H,19H2,1-3H3/t23-,29+/m0/s1. The summed E-state index contributed by atoms with van der Waals surface area (Å²) < 4.78 is 5.33. The van der Waals surface area contributed by atoms with Crippen LogP contribution in [0.5, 0.6) is 5.75 Å². The Balaban J connectivity index is 1.66. The number of aryl methyl sites for hydroxylation is 1. The molecule has 0 unspecified atom stereocenters. The van der Waals surface area contributed by atoms with Gasteiger partial charge in [0.15, 0.2) is 0 Å². The van der Waals surface area contributed by atoms with Crippen LogP contribution >= 0.6 is 0 Å². The molecule has 1 aliphatic heterocycles. The highest BCUT2D eigenvalue weighted by Crippen LogP contribution is 2.53. The van der Waals surface area contributed by atoms with E-state index in [0.717, 1.165) is 34.7 Å². The van der Waals surface area contributed by atoms with Crippen LogP contribution in [0.4, 0.5) is 5.69 Å². The van der Waals surface area contributed by atoms with Gasteiger partial charge in [-0.1, -0.05) is 72.3 Å². The molecule has 1 heterocycles. The number of anilines is 1. The molecule has 0 bridgehead atoms. The van der Waals surface area contributed by atoms with Gasteiger partial charge in [-0.3, -0.25) is 9.69 Å². The first-order chi connectivity index (χ1) is 15.5. The van der Waals surface area contributed by atoms with Gasteiger partial charge in [-0.2, -0.15) is 0 Å². The number of fused-ring (bicyclic) bond motifs is 1. The molecule has 3 heteroatoms. The number of hydrogen-bond donors (Lipinski definition) is 0. The summed E-state index contributed by atoms with van der Waals surface area (Å²) >= 11 is 0. The van der Waals surface area contributed by atoms with Crippen molar-refractivity contribution in [2.45, 2.75) is 26.2 Å². The Kier molecular flexibility index (Phi) is 4.97. The average molecular weight is 422 g/mol. The molecule has 3 nitrogen and oxygen atoms in total. The van der Waals surface area contributed by atoms with Gasteiger partial charge in [-0.25, -0.2) is 0 Å². The summed E-state index contributed by atoms with van der Waals surface area (Å²) in [7, 11) is 1.65. The van der Waals surface area contributed by atoms with Crippen molar-refractivity contribution >= 4 is 17.3 Å². The molecule has 0 N–H and O–H groups in total. The van der Waals surface area contributed by atoms with E-state index in [0.29, 0.717) is 0 Å². The number of carbonyl (C=O) groups excluding carboxylic acids is 1. The van der Waals surface area contributed by atoms with E-state index in [9.17, 15) is 4.79 Å². The highest BCUT2D eigenvalue weighted by Gasteiger charge is 2.51. The van der Waals surface area contributed by atoms with Crippen molar-refractivity contribution in [3.63, 3.8) is 0 Å². The second-order valence-corrected chi connectivity index (χ2v) is 8.88. The first kappa shape index (κ1) is 20.3. The van der Waals surface area contributed by atoms with Crippen LogP contribution in [0, 0.1) is 12.3 Å². The Morgan fingerprint density at radius 2 is 1.62 bits per heavy atom. The van der Waals surface area contributed by atoms with Crippen molar-refractivity contribution < 1.29 is 9.53 Å². The molecule has 3 aromatic carbocycles. The monoisotopic (exact) mass is 421 g/mol. The molecule has 160 valence electrons. The molecule has 2 aliphatic rings. The van der Waals surface area contributed by atoms with E-state index in [-0.39, 0.29) is 11.8 Å². The summed E-state index contributed by atoms with van der Waals surface area (Å²) in [6.07, 6.45) is 5.19. The first-order valence-electron chi connectivity index (χ1n) is 11.0. The van der Waals surface area contributed by atoms with Gasteiger partial charge in [-0.15, -0.1) is 0 Å². The van der Waals surface area contributed by atoms with Crippen molar-refractivity contribution in [2.75, 3.05) is 12.0 Å². The summed E-state index contributed by atoms with van der Waals surface area (Å²) in [4.78, 5) is 16.0. The van der Waals surface area contributed by atoms with Crippen LogP contribution < -0.4 is 9.64 Å². The Bertz CT molecular complexity index is 1210. The summed E-state index contributed by atoms with van der Waals surface area (Å²) in [6.45, 7) is 4.18. The fraction of sp³-hybridized carbons (Fsp3) is 0.207. The third kappa shape index (κ3) is 3.25. The number of carbonyl (C=O) groups is 1. The van der Waals surface area contributed by atoms with Crippen LogP contribution in [0.2, 0.25) is 0 Å². The second kappa shape index (κ2) is 7.83. The van der Waals surface area contributed by atoms with E-state index < -0.39 is 5.41 Å². The molecular formula is C29H27NO2. The molecule has 0 aromatic heterocycles. The number of benzene rings is 3. The molecule has 0 fully saturated rings. The lowest BCUT2D eigenvalue weighted by Gasteiger charge is -2.32. The minimum absolute atomic E-state index is 0.124. The SMILES string of the molecule is COc1ccc(N2C(=O)[C@]3(C)C[C@@H](c4ccccc4)C=CC3=C2c2ccc(C)cc2)cc1. The number of rotatable bonds is 4. The zero-order chi connectivity index (χ0) is 22.3. The van der Waals surface area contributed by atoms with E-state index >= 15 is 0 Å². The van der Waals surface area contributed by atoms with Crippen molar-refractivity contribution in [3.05, 3.63) is 113 Å². The quantitative estimate of drug-likeness (QED) is 0.480. The predicted molar refractivity (Wildman–Crippen MR) is 130 cm³/mol. The average Bonchev–Trinajstić information content (AvgIpc) is 3.06. The van der Waals surface area contributed by atoms with Gasteiger partial charge in [0.2, 0.25) is 5.91 Å². The third-order valence-corrected chi connectivity index (χ3v) is 6.76. The number of nitrogens with zero attached hydrogens (tertiary/aromatic N) is 1. The Morgan fingerprint density at radius 1 is 0.938 bits per heavy atom. The van der Waals surface area contributed by atoms with Gasteiger partial charge >= 0.3 is 0 Å². The summed E-state index contributed by atoms with van der Waals surface area (Å²) in [5, 5.41) is 0. The Labute approximate surface area is 189 Å². The highest BCUT2D eigenvalue weighted by molar-refractivity contribution is 6.16. The normalized spacial score (nSPS) is 22.3. The molecule has 0 saturated carbocycles. The first-order valence-corrected chi connectivity index (χ1v) is 11.0. The van der Waals surface area contributed by atoms with Gasteiger partial charge in [0.05, 0.1) is 18.2 Å². The molecule has 2 atom stereocenters. The maximum Gasteiger partial charge on any atom is 0.242 e. The molecule has 1 amide bonds. The molecule has 32 heavy (non-hydrogen) atoms. The van der Waals surface area contributed by atoms with E-state index in [1.54, 1.807) is 7.11 Å². The van der Waals surface area contributed by atoms with Crippen LogP contribution in [0.15, 0.2) is 96.6 Å². The summed E-state index contributed by atoms with van der Waals surface area (Å²) in [5.41, 5.74) is 5.85. The fourth-order valence-electron chi connectivity index (χ4n) is 4.93. The minimum Gasteiger partial charge on any atom is -0.497 e. The predicted octanol–water partition coefficient (Wildman–Crippen LogP) is 6.51. The molecule has 1 aliphatic carbocycles. The maximum absolute atomic E-state index is 14.1. The summed E-state index contributed by atoms with van der Waals surface area (Å²) in [5.74, 6) is 1.11. The van der Waals surface area contributed by atoms with Gasteiger partial charge in [0.25, 0.3) is 0 Å². The van der Waals surface area contributed by atoms with Gasteiger partial charge < -0.3 is 4.74 Å². The number of amides is 1. The smallest absolute Gasteiger partial charge is 0.242 e. The van der Waals surface area contributed by atoms with E-state index in [2.05, 4.69) is 74.5 Å². The zero-order valence-corrected chi connectivity index (χ0v) is 18.7. The lowest BCUT2D eigenvalue weighted by molar-refractivity contribution is -0.124. The molecule has 3 aromatic rings. The van der Waals surface area contributed by atoms with Gasteiger partial charge in [0.1, 0.15) is 5.75 Å². The third-order valence-electron chi connectivity index (χ3n) is 6.76. The number of allylic oxidation sites excluding steroid dienone is 2. The molecule has 0 spiro atoms.